The van der Waals surface area contributed by atoms with Gasteiger partial charge in [0.15, 0.2) is 12.2 Å². The second-order valence-electron chi connectivity index (χ2n) is 9.58. The zero-order valence-electron chi connectivity index (χ0n) is 20.3. The summed E-state index contributed by atoms with van der Waals surface area (Å²) in [6.45, 7) is 3.91. The number of carbonyl (C=O) groups is 3. The summed E-state index contributed by atoms with van der Waals surface area (Å²) >= 11 is 0. The van der Waals surface area contributed by atoms with Gasteiger partial charge in [-0.1, -0.05) is 54.6 Å². The van der Waals surface area contributed by atoms with Gasteiger partial charge in [-0.05, 0) is 55.0 Å². The Kier molecular flexibility index (Phi) is 8.42. The molecule has 4 N–H and O–H groups in total. The third kappa shape index (κ3) is 6.10. The molecule has 0 radical (unpaired) electrons. The minimum Gasteiger partial charge on any atom is -0.479 e. The first-order valence-electron chi connectivity index (χ1n) is 12.4. The van der Waals surface area contributed by atoms with Gasteiger partial charge in [-0.2, -0.15) is 0 Å². The summed E-state index contributed by atoms with van der Waals surface area (Å²) in [5.41, 5.74) is 3.70. The molecule has 198 valence electrons. The van der Waals surface area contributed by atoms with Gasteiger partial charge in [0.05, 0.1) is 6.04 Å². The molecule has 4 aliphatic rings. The predicted octanol–water partition coefficient (Wildman–Crippen LogP) is 1.74. The predicted molar refractivity (Wildman–Crippen MR) is 132 cm³/mol. The highest BCUT2D eigenvalue weighted by atomic mass is 16.6. The van der Waals surface area contributed by atoms with Gasteiger partial charge in [-0.25, -0.2) is 14.4 Å². The summed E-state index contributed by atoms with van der Waals surface area (Å²) in [6, 6.07) is 18.8. The fraction of sp³-hybridized carbons (Fsp3) is 0.444. The zero-order chi connectivity index (χ0) is 26.5. The lowest BCUT2D eigenvalue weighted by Gasteiger charge is -2.45. The highest BCUT2D eigenvalue weighted by Gasteiger charge is 2.39. The molecule has 3 saturated heterocycles. The van der Waals surface area contributed by atoms with Gasteiger partial charge in [0.25, 0.3) is 0 Å². The van der Waals surface area contributed by atoms with Crippen LogP contribution in [0.2, 0.25) is 0 Å². The van der Waals surface area contributed by atoms with Crippen molar-refractivity contribution in [1.29, 1.82) is 0 Å². The maximum Gasteiger partial charge on any atom is 0.410 e. The third-order valence-corrected chi connectivity index (χ3v) is 7.29. The number of carboxylic acids is 2. The fourth-order valence-electron chi connectivity index (χ4n) is 5.27. The highest BCUT2D eigenvalue weighted by molar-refractivity contribution is 5.83. The SMILES string of the molecule is O=C(O)[C@@H](O)[C@H](O)C(=O)O.O=C(O[C@H]1CN2CCC1CC2)N1CCc2ccccc2[C@H]1c1ccccc1. The quantitative estimate of drug-likeness (QED) is 0.470. The Morgan fingerprint density at radius 1 is 0.838 bits per heavy atom. The van der Waals surface area contributed by atoms with Crippen LogP contribution in [0.1, 0.15) is 35.6 Å². The van der Waals surface area contributed by atoms with Crippen LogP contribution in [0, 0.1) is 5.92 Å². The Morgan fingerprint density at radius 3 is 2.00 bits per heavy atom. The second kappa shape index (κ2) is 11.7. The molecule has 37 heavy (non-hydrogen) atoms. The third-order valence-electron chi connectivity index (χ3n) is 7.29. The lowest BCUT2D eigenvalue weighted by Crippen LogP contribution is -2.53. The van der Waals surface area contributed by atoms with Crippen LogP contribution in [0.4, 0.5) is 4.79 Å². The maximum atomic E-state index is 13.2. The van der Waals surface area contributed by atoms with Crippen molar-refractivity contribution < 1.29 is 39.5 Å². The molecule has 0 unspecified atom stereocenters. The van der Waals surface area contributed by atoms with E-state index in [1.54, 1.807) is 0 Å². The number of carboxylic acid groups (broad SMARTS) is 2. The average molecular weight is 513 g/mol. The minimum atomic E-state index is -2.27. The van der Waals surface area contributed by atoms with Crippen molar-refractivity contribution in [3.63, 3.8) is 0 Å². The van der Waals surface area contributed by atoms with E-state index in [1.807, 2.05) is 23.1 Å². The summed E-state index contributed by atoms with van der Waals surface area (Å²) in [7, 11) is 0. The van der Waals surface area contributed by atoms with Crippen LogP contribution < -0.4 is 0 Å². The van der Waals surface area contributed by atoms with Gasteiger partial charge in [-0.15, -0.1) is 0 Å². The fourth-order valence-corrected chi connectivity index (χ4v) is 5.27. The first kappa shape index (κ1) is 26.6. The Hall–Kier alpha value is -3.47. The van der Waals surface area contributed by atoms with Gasteiger partial charge >= 0.3 is 18.0 Å². The van der Waals surface area contributed by atoms with Crippen LogP contribution in [0.3, 0.4) is 0 Å². The van der Waals surface area contributed by atoms with Gasteiger partial charge in [-0.3, -0.25) is 9.80 Å². The number of aliphatic carboxylic acids is 2. The number of carbonyl (C=O) groups excluding carboxylic acids is 1. The van der Waals surface area contributed by atoms with E-state index in [0.29, 0.717) is 12.5 Å². The molecule has 10 heteroatoms. The molecule has 4 aliphatic heterocycles. The van der Waals surface area contributed by atoms with Crippen LogP contribution >= 0.6 is 0 Å². The van der Waals surface area contributed by atoms with E-state index in [9.17, 15) is 14.4 Å². The van der Waals surface area contributed by atoms with E-state index in [2.05, 4.69) is 41.3 Å². The van der Waals surface area contributed by atoms with Crippen LogP contribution in [0.15, 0.2) is 54.6 Å². The molecule has 10 nitrogen and oxygen atoms in total. The number of benzene rings is 2. The highest BCUT2D eigenvalue weighted by Crippen LogP contribution is 2.36. The van der Waals surface area contributed by atoms with Gasteiger partial charge in [0.2, 0.25) is 0 Å². The van der Waals surface area contributed by atoms with Gasteiger partial charge in [0, 0.05) is 13.1 Å². The second-order valence-corrected chi connectivity index (χ2v) is 9.58. The van der Waals surface area contributed by atoms with Crippen LogP contribution in [-0.4, -0.2) is 92.7 Å². The number of rotatable bonds is 5. The van der Waals surface area contributed by atoms with Crippen LogP contribution in [0.5, 0.6) is 0 Å². The number of hydrogen-bond acceptors (Lipinski definition) is 7. The smallest absolute Gasteiger partial charge is 0.410 e. The lowest BCUT2D eigenvalue weighted by molar-refractivity contribution is -0.165. The minimum absolute atomic E-state index is 0.0496. The van der Waals surface area contributed by atoms with Gasteiger partial charge < -0.3 is 25.2 Å². The molecule has 2 bridgehead atoms. The van der Waals surface area contributed by atoms with Crippen molar-refractivity contribution in [2.45, 2.75) is 43.6 Å². The van der Waals surface area contributed by atoms with E-state index < -0.39 is 24.1 Å². The number of hydrogen-bond donors (Lipinski definition) is 4. The molecule has 2 aromatic carbocycles. The molecule has 2 aromatic rings. The van der Waals surface area contributed by atoms with Crippen molar-refractivity contribution in [1.82, 2.24) is 9.80 Å². The lowest BCUT2D eigenvalue weighted by atomic mass is 9.86. The van der Waals surface area contributed by atoms with Crippen molar-refractivity contribution >= 4 is 18.0 Å². The standard InChI is InChI=1S/C23H26N2O2.C4H6O6/c26-23(27-21-16-24-13-10-18(21)11-14-24)25-15-12-17-6-4-5-9-20(17)22(25)19-7-2-1-3-8-19;5-1(3(7)8)2(6)4(9)10/h1-9,18,21-22H,10-16H2;1-2,5-6H,(H,7,8)(H,9,10)/t21-,22+;1-,2-/m00/s1. The molecule has 4 heterocycles. The van der Waals surface area contributed by atoms with E-state index in [4.69, 9.17) is 25.2 Å². The normalized spacial score (nSPS) is 25.6. The van der Waals surface area contributed by atoms with Crippen molar-refractivity contribution in [3.8, 4) is 0 Å². The van der Waals surface area contributed by atoms with E-state index in [1.165, 1.54) is 11.1 Å². The molecule has 3 fully saturated rings. The summed E-state index contributed by atoms with van der Waals surface area (Å²) in [5.74, 6) is -3.00. The molecule has 6 rings (SSSR count). The molecule has 4 atom stereocenters. The van der Waals surface area contributed by atoms with Crippen molar-refractivity contribution in [2.24, 2.45) is 5.92 Å². The zero-order valence-corrected chi connectivity index (χ0v) is 20.3. The first-order chi connectivity index (χ1) is 17.8. The molecule has 0 spiro atoms. The van der Waals surface area contributed by atoms with Gasteiger partial charge in [0.1, 0.15) is 6.10 Å². The Bertz CT molecular complexity index is 1080. The molecular formula is C27H32N2O8. The number of aliphatic hydroxyl groups is 2. The van der Waals surface area contributed by atoms with Crippen LogP contribution in [-0.2, 0) is 20.7 Å². The summed E-state index contributed by atoms with van der Waals surface area (Å²) in [6.07, 6.45) is -1.44. The molecule has 0 aliphatic carbocycles. The summed E-state index contributed by atoms with van der Waals surface area (Å²) in [4.78, 5) is 37.1. The number of piperidine rings is 3. The number of ether oxygens (including phenoxy) is 1. The topological polar surface area (TPSA) is 148 Å². The van der Waals surface area contributed by atoms with E-state index in [0.717, 1.165) is 44.5 Å². The van der Waals surface area contributed by atoms with E-state index in [-0.39, 0.29) is 18.2 Å². The number of nitrogens with zero attached hydrogens (tertiary/aromatic N) is 2. The Labute approximate surface area is 214 Å². The molecule has 1 amide bonds. The largest absolute Gasteiger partial charge is 0.479 e. The summed E-state index contributed by atoms with van der Waals surface area (Å²) < 4.78 is 6.08. The number of aliphatic hydroxyl groups excluding tert-OH is 2. The monoisotopic (exact) mass is 512 g/mol. The molecule has 0 aromatic heterocycles. The van der Waals surface area contributed by atoms with Crippen molar-refractivity contribution in [2.75, 3.05) is 26.2 Å². The van der Waals surface area contributed by atoms with E-state index >= 15 is 0 Å². The number of amides is 1. The maximum absolute atomic E-state index is 13.2. The molecule has 0 saturated carbocycles. The molecular weight excluding hydrogens is 480 g/mol. The van der Waals surface area contributed by atoms with Crippen molar-refractivity contribution in [3.05, 3.63) is 71.3 Å². The Balaban J connectivity index is 0.000000275. The average Bonchev–Trinajstić information content (AvgIpc) is 2.93. The number of fused-ring (bicyclic) bond motifs is 4. The summed E-state index contributed by atoms with van der Waals surface area (Å²) in [5, 5.41) is 32.5. The first-order valence-corrected chi connectivity index (χ1v) is 12.4. The van der Waals surface area contributed by atoms with Crippen LogP contribution in [0.25, 0.3) is 0 Å². The Morgan fingerprint density at radius 2 is 1.43 bits per heavy atom.